The molecule has 2 fully saturated rings. The smallest absolute Gasteiger partial charge is 0.308 e. The number of carboxylic acid groups (broad SMARTS) is 1. The van der Waals surface area contributed by atoms with E-state index < -0.39 is 11.9 Å². The predicted molar refractivity (Wildman–Crippen MR) is 74.1 cm³/mol. The molecule has 6 heteroatoms. The second kappa shape index (κ2) is 5.09. The molecule has 2 bridgehead atoms. The Bertz CT molecular complexity index is 541. The summed E-state index contributed by atoms with van der Waals surface area (Å²) in [5, 5.41) is 14.1. The van der Waals surface area contributed by atoms with Gasteiger partial charge in [0.05, 0.1) is 17.9 Å². The van der Waals surface area contributed by atoms with E-state index in [2.05, 4.69) is 5.32 Å². The molecule has 2 aliphatic rings. The molecule has 1 heterocycles. The summed E-state index contributed by atoms with van der Waals surface area (Å²) in [6.45, 7) is 0. The molecular weight excluding hydrogens is 278 g/mol. The number of hydrogen-bond donors (Lipinski definition) is 2. The molecule has 108 valence electrons. The molecule has 2 N–H and O–H groups in total. The number of rotatable bonds is 4. The summed E-state index contributed by atoms with van der Waals surface area (Å²) >= 11 is 1.31. The largest absolute Gasteiger partial charge is 0.496 e. The first-order valence-corrected chi connectivity index (χ1v) is 7.64. The number of amides is 1. The number of ether oxygens (including phenoxy) is 1. The van der Waals surface area contributed by atoms with Crippen LogP contribution in [0.25, 0.3) is 0 Å². The first-order chi connectivity index (χ1) is 9.60. The Morgan fingerprint density at radius 1 is 1.40 bits per heavy atom. The molecule has 1 amide bonds. The Kier molecular flexibility index (Phi) is 3.41. The maximum absolute atomic E-state index is 12.2. The first-order valence-electron chi connectivity index (χ1n) is 6.76. The SMILES string of the molecule is COc1csc(C(=O)NC2C3CCC(C3)C2C(=O)O)c1. The Labute approximate surface area is 120 Å². The van der Waals surface area contributed by atoms with Crippen molar-refractivity contribution in [2.45, 2.75) is 25.3 Å². The summed E-state index contributed by atoms with van der Waals surface area (Å²) in [7, 11) is 1.56. The summed E-state index contributed by atoms with van der Waals surface area (Å²) < 4.78 is 5.06. The van der Waals surface area contributed by atoms with Crippen LogP contribution in [0.3, 0.4) is 0 Å². The molecule has 0 spiro atoms. The summed E-state index contributed by atoms with van der Waals surface area (Å²) in [6.07, 6.45) is 2.92. The monoisotopic (exact) mass is 295 g/mol. The van der Waals surface area contributed by atoms with Gasteiger partial charge >= 0.3 is 5.97 Å². The Morgan fingerprint density at radius 2 is 2.15 bits per heavy atom. The van der Waals surface area contributed by atoms with Gasteiger partial charge in [-0.2, -0.15) is 0 Å². The highest BCUT2D eigenvalue weighted by molar-refractivity contribution is 7.12. The number of hydrogen-bond acceptors (Lipinski definition) is 4. The van der Waals surface area contributed by atoms with Crippen LogP contribution in [0.4, 0.5) is 0 Å². The average Bonchev–Trinajstić information content (AvgIpc) is 3.13. The number of fused-ring (bicyclic) bond motifs is 2. The van der Waals surface area contributed by atoms with E-state index in [9.17, 15) is 14.7 Å². The number of nitrogens with one attached hydrogen (secondary N) is 1. The molecule has 0 aliphatic heterocycles. The minimum absolute atomic E-state index is 0.193. The van der Waals surface area contributed by atoms with Crippen LogP contribution in [0, 0.1) is 17.8 Å². The van der Waals surface area contributed by atoms with Gasteiger partial charge in [0.25, 0.3) is 5.91 Å². The van der Waals surface area contributed by atoms with Crippen molar-refractivity contribution in [3.05, 3.63) is 16.3 Å². The van der Waals surface area contributed by atoms with Crippen LogP contribution >= 0.6 is 11.3 Å². The summed E-state index contributed by atoms with van der Waals surface area (Å²) in [4.78, 5) is 24.2. The van der Waals surface area contributed by atoms with Gasteiger partial charge in [-0.3, -0.25) is 9.59 Å². The lowest BCUT2D eigenvalue weighted by atomic mass is 9.84. The fraction of sp³-hybridized carbons (Fsp3) is 0.571. The molecule has 1 aromatic rings. The molecule has 1 aromatic heterocycles. The van der Waals surface area contributed by atoms with Gasteiger partial charge in [-0.25, -0.2) is 0 Å². The molecule has 20 heavy (non-hydrogen) atoms. The number of methoxy groups -OCH3 is 1. The van der Waals surface area contributed by atoms with Gasteiger partial charge in [-0.05, 0) is 31.1 Å². The van der Waals surface area contributed by atoms with Crippen molar-refractivity contribution in [2.24, 2.45) is 17.8 Å². The van der Waals surface area contributed by atoms with E-state index in [4.69, 9.17) is 4.74 Å². The van der Waals surface area contributed by atoms with Crippen LogP contribution in [0.1, 0.15) is 28.9 Å². The zero-order valence-corrected chi connectivity index (χ0v) is 12.0. The number of aliphatic carboxylic acids is 1. The quantitative estimate of drug-likeness (QED) is 0.890. The van der Waals surface area contributed by atoms with Crippen molar-refractivity contribution in [1.29, 1.82) is 0 Å². The molecule has 3 rings (SSSR count). The molecule has 4 atom stereocenters. The number of carboxylic acids is 1. The van der Waals surface area contributed by atoms with Crippen LogP contribution in [-0.4, -0.2) is 30.1 Å². The topological polar surface area (TPSA) is 75.6 Å². The third-order valence-electron chi connectivity index (χ3n) is 4.53. The number of thiophene rings is 1. The van der Waals surface area contributed by atoms with Gasteiger partial charge in [0.15, 0.2) is 0 Å². The molecular formula is C14H17NO4S. The van der Waals surface area contributed by atoms with Gasteiger partial charge in [-0.1, -0.05) is 0 Å². The van der Waals surface area contributed by atoms with Crippen molar-refractivity contribution in [3.8, 4) is 5.75 Å². The third-order valence-corrected chi connectivity index (χ3v) is 5.44. The van der Waals surface area contributed by atoms with Crippen molar-refractivity contribution in [3.63, 3.8) is 0 Å². The lowest BCUT2D eigenvalue weighted by Crippen LogP contribution is -2.46. The highest BCUT2D eigenvalue weighted by atomic mass is 32.1. The minimum Gasteiger partial charge on any atom is -0.496 e. The fourth-order valence-electron chi connectivity index (χ4n) is 3.62. The zero-order chi connectivity index (χ0) is 14.3. The Morgan fingerprint density at radius 3 is 2.80 bits per heavy atom. The molecule has 4 unspecified atom stereocenters. The summed E-state index contributed by atoms with van der Waals surface area (Å²) in [6, 6.07) is 1.45. The third kappa shape index (κ3) is 2.18. The maximum Gasteiger partial charge on any atom is 0.308 e. The van der Waals surface area contributed by atoms with Gasteiger partial charge in [0.2, 0.25) is 0 Å². The van der Waals surface area contributed by atoms with Crippen molar-refractivity contribution in [1.82, 2.24) is 5.32 Å². The van der Waals surface area contributed by atoms with Crippen LogP contribution in [0.5, 0.6) is 5.75 Å². The number of carbonyl (C=O) groups excluding carboxylic acids is 1. The normalized spacial score (nSPS) is 31.2. The van der Waals surface area contributed by atoms with E-state index in [1.807, 2.05) is 0 Å². The van der Waals surface area contributed by atoms with Crippen LogP contribution in [0.15, 0.2) is 11.4 Å². The Balaban J connectivity index is 1.73. The maximum atomic E-state index is 12.2. The van der Waals surface area contributed by atoms with E-state index in [0.29, 0.717) is 16.5 Å². The molecule has 2 saturated carbocycles. The van der Waals surface area contributed by atoms with Gasteiger partial charge < -0.3 is 15.2 Å². The predicted octanol–water partition coefficient (Wildman–Crippen LogP) is 1.99. The average molecular weight is 295 g/mol. The fourth-order valence-corrected chi connectivity index (χ4v) is 4.38. The van der Waals surface area contributed by atoms with Crippen LogP contribution in [-0.2, 0) is 4.79 Å². The minimum atomic E-state index is -0.786. The molecule has 0 radical (unpaired) electrons. The van der Waals surface area contributed by atoms with Crippen molar-refractivity contribution >= 4 is 23.2 Å². The highest BCUT2D eigenvalue weighted by Gasteiger charge is 2.51. The number of carbonyl (C=O) groups is 2. The second-order valence-electron chi connectivity index (χ2n) is 5.55. The van der Waals surface area contributed by atoms with Gasteiger partial charge in [-0.15, -0.1) is 11.3 Å². The van der Waals surface area contributed by atoms with Crippen LogP contribution < -0.4 is 10.1 Å². The lowest BCUT2D eigenvalue weighted by Gasteiger charge is -2.28. The zero-order valence-electron chi connectivity index (χ0n) is 11.2. The first kappa shape index (κ1) is 13.4. The van der Waals surface area contributed by atoms with E-state index in [1.165, 1.54) is 11.3 Å². The van der Waals surface area contributed by atoms with Gasteiger partial charge in [0, 0.05) is 17.5 Å². The molecule has 0 saturated heterocycles. The molecule has 0 aromatic carbocycles. The van der Waals surface area contributed by atoms with Crippen molar-refractivity contribution < 1.29 is 19.4 Å². The van der Waals surface area contributed by atoms with Crippen molar-refractivity contribution in [2.75, 3.05) is 7.11 Å². The molecule has 5 nitrogen and oxygen atoms in total. The highest BCUT2D eigenvalue weighted by Crippen LogP contribution is 2.48. The van der Waals surface area contributed by atoms with E-state index >= 15 is 0 Å². The van der Waals surface area contributed by atoms with E-state index in [-0.39, 0.29) is 17.9 Å². The van der Waals surface area contributed by atoms with E-state index in [1.54, 1.807) is 18.6 Å². The standard InChI is InChI=1S/C14H17NO4S/c1-19-9-5-10(20-6-9)13(16)15-12-8-3-2-7(4-8)11(12)14(17)18/h5-8,11-12H,2-4H2,1H3,(H,15,16)(H,17,18). The van der Waals surface area contributed by atoms with Gasteiger partial charge in [0.1, 0.15) is 5.75 Å². The second-order valence-corrected chi connectivity index (χ2v) is 6.46. The lowest BCUT2D eigenvalue weighted by molar-refractivity contribution is -0.144. The molecule has 2 aliphatic carbocycles. The Hall–Kier alpha value is -1.56. The van der Waals surface area contributed by atoms with E-state index in [0.717, 1.165) is 19.3 Å². The summed E-state index contributed by atoms with van der Waals surface area (Å²) in [5.74, 6) is -0.219. The summed E-state index contributed by atoms with van der Waals surface area (Å²) in [5.41, 5.74) is 0. The van der Waals surface area contributed by atoms with Crippen LogP contribution in [0.2, 0.25) is 0 Å².